The van der Waals surface area contributed by atoms with Gasteiger partial charge in [-0.15, -0.1) is 0 Å². The lowest BCUT2D eigenvalue weighted by Gasteiger charge is -2.17. The second kappa shape index (κ2) is 6.31. The molecular weight excluding hydrogens is 304 g/mol. The van der Waals surface area contributed by atoms with E-state index in [1.165, 1.54) is 7.11 Å². The Morgan fingerprint density at radius 1 is 1.35 bits per heavy atom. The summed E-state index contributed by atoms with van der Waals surface area (Å²) in [6.07, 6.45) is 0. The molecule has 0 spiro atoms. The fourth-order valence-electron chi connectivity index (χ4n) is 1.37. The molecule has 94 valence electrons. The number of hydrogen-bond acceptors (Lipinski definition) is 3. The van der Waals surface area contributed by atoms with E-state index in [1.807, 2.05) is 18.2 Å². The predicted octanol–water partition coefficient (Wildman–Crippen LogP) is 2.75. The summed E-state index contributed by atoms with van der Waals surface area (Å²) in [5.41, 5.74) is 0. The zero-order valence-corrected chi connectivity index (χ0v) is 12.4. The standard InChI is InChI=1S/C12H15BrO3S/c1-8(12(14)16-3)9(2)17(15)11-7-5-4-6-10(11)13/h4-9H,1-3H3. The van der Waals surface area contributed by atoms with Crippen LogP contribution in [0.25, 0.3) is 0 Å². The zero-order chi connectivity index (χ0) is 13.0. The van der Waals surface area contributed by atoms with E-state index in [0.29, 0.717) is 4.90 Å². The van der Waals surface area contributed by atoms with Gasteiger partial charge in [0.25, 0.3) is 0 Å². The van der Waals surface area contributed by atoms with Gasteiger partial charge in [0.1, 0.15) is 0 Å². The molecule has 0 saturated carbocycles. The SMILES string of the molecule is COC(=O)C(C)C(C)S(=O)c1ccccc1Br. The maximum atomic E-state index is 12.3. The van der Waals surface area contributed by atoms with Crippen molar-refractivity contribution in [2.75, 3.05) is 7.11 Å². The second-order valence-electron chi connectivity index (χ2n) is 3.74. The van der Waals surface area contributed by atoms with Crippen LogP contribution >= 0.6 is 15.9 Å². The van der Waals surface area contributed by atoms with Gasteiger partial charge in [-0.1, -0.05) is 19.1 Å². The summed E-state index contributed by atoms with van der Waals surface area (Å²) in [7, 11) is 0.100. The third-order valence-electron chi connectivity index (χ3n) is 2.67. The minimum absolute atomic E-state index is 0.291. The molecule has 0 saturated heterocycles. The number of esters is 1. The Morgan fingerprint density at radius 3 is 2.47 bits per heavy atom. The third kappa shape index (κ3) is 3.39. The Hall–Kier alpha value is -0.680. The van der Waals surface area contributed by atoms with Crippen molar-refractivity contribution < 1.29 is 13.7 Å². The predicted molar refractivity (Wildman–Crippen MR) is 71.2 cm³/mol. The number of carbonyl (C=O) groups is 1. The molecule has 17 heavy (non-hydrogen) atoms. The summed E-state index contributed by atoms with van der Waals surface area (Å²) in [6.45, 7) is 3.52. The van der Waals surface area contributed by atoms with Crippen molar-refractivity contribution >= 4 is 32.7 Å². The fourth-order valence-corrected chi connectivity index (χ4v) is 3.49. The number of ether oxygens (including phenoxy) is 1. The van der Waals surface area contributed by atoms with Gasteiger partial charge >= 0.3 is 5.97 Å². The average molecular weight is 319 g/mol. The molecule has 1 aromatic carbocycles. The topological polar surface area (TPSA) is 43.4 Å². The van der Waals surface area contributed by atoms with Crippen LogP contribution in [-0.2, 0) is 20.3 Å². The van der Waals surface area contributed by atoms with Gasteiger partial charge < -0.3 is 4.74 Å². The lowest BCUT2D eigenvalue weighted by Crippen LogP contribution is -2.28. The Kier molecular flexibility index (Phi) is 5.33. The first-order valence-corrected chi connectivity index (χ1v) is 7.22. The highest BCUT2D eigenvalue weighted by Crippen LogP contribution is 2.25. The highest BCUT2D eigenvalue weighted by molar-refractivity contribution is 9.10. The molecule has 5 heteroatoms. The van der Waals surface area contributed by atoms with Crippen molar-refractivity contribution in [1.82, 2.24) is 0 Å². The first-order valence-electron chi connectivity index (χ1n) is 5.22. The van der Waals surface area contributed by atoms with Crippen LogP contribution in [0.2, 0.25) is 0 Å². The molecule has 0 aromatic heterocycles. The zero-order valence-electron chi connectivity index (χ0n) is 9.98. The molecule has 0 amide bonds. The number of rotatable bonds is 4. The Morgan fingerprint density at radius 2 is 1.94 bits per heavy atom. The van der Waals surface area contributed by atoms with Crippen LogP contribution in [0.1, 0.15) is 13.8 Å². The number of methoxy groups -OCH3 is 1. The molecular formula is C12H15BrO3S. The lowest BCUT2D eigenvalue weighted by atomic mass is 10.1. The molecule has 1 aromatic rings. The molecule has 0 fully saturated rings. The molecule has 3 unspecified atom stereocenters. The minimum atomic E-state index is -1.24. The first-order chi connectivity index (χ1) is 7.99. The van der Waals surface area contributed by atoms with Gasteiger partial charge in [0, 0.05) is 9.72 Å². The van der Waals surface area contributed by atoms with E-state index in [0.717, 1.165) is 4.47 Å². The fraction of sp³-hybridized carbons (Fsp3) is 0.417. The summed E-state index contributed by atoms with van der Waals surface area (Å²) >= 11 is 3.36. The number of halogens is 1. The van der Waals surface area contributed by atoms with Crippen molar-refractivity contribution in [1.29, 1.82) is 0 Å². The van der Waals surface area contributed by atoms with Gasteiger partial charge in [-0.3, -0.25) is 9.00 Å². The van der Waals surface area contributed by atoms with Crippen LogP contribution in [0.15, 0.2) is 33.6 Å². The van der Waals surface area contributed by atoms with Gasteiger partial charge in [-0.05, 0) is 35.0 Å². The molecule has 3 nitrogen and oxygen atoms in total. The molecule has 0 heterocycles. The van der Waals surface area contributed by atoms with Gasteiger partial charge in [0.2, 0.25) is 0 Å². The molecule has 0 radical (unpaired) electrons. The number of carbonyl (C=O) groups excluding carboxylic acids is 1. The van der Waals surface area contributed by atoms with Crippen molar-refractivity contribution in [2.24, 2.45) is 5.92 Å². The van der Waals surface area contributed by atoms with E-state index in [4.69, 9.17) is 0 Å². The van der Waals surface area contributed by atoms with Gasteiger partial charge in [-0.25, -0.2) is 0 Å². The number of hydrogen-bond donors (Lipinski definition) is 0. The van der Waals surface area contributed by atoms with Gasteiger partial charge in [-0.2, -0.15) is 0 Å². The molecule has 3 atom stereocenters. The number of benzene rings is 1. The molecule has 0 aliphatic carbocycles. The maximum absolute atomic E-state index is 12.3. The first kappa shape index (κ1) is 14.4. The third-order valence-corrected chi connectivity index (χ3v) is 5.50. The van der Waals surface area contributed by atoms with E-state index in [1.54, 1.807) is 19.9 Å². The summed E-state index contributed by atoms with van der Waals surface area (Å²) < 4.78 is 17.8. The van der Waals surface area contributed by atoms with Crippen molar-refractivity contribution in [2.45, 2.75) is 24.0 Å². The lowest BCUT2D eigenvalue weighted by molar-refractivity contribution is -0.144. The smallest absolute Gasteiger partial charge is 0.309 e. The average Bonchev–Trinajstić information content (AvgIpc) is 2.35. The van der Waals surface area contributed by atoms with Crippen molar-refractivity contribution in [3.8, 4) is 0 Å². The van der Waals surface area contributed by atoms with E-state index in [-0.39, 0.29) is 11.2 Å². The molecule has 1 rings (SSSR count). The maximum Gasteiger partial charge on any atom is 0.309 e. The minimum Gasteiger partial charge on any atom is -0.469 e. The summed E-state index contributed by atoms with van der Waals surface area (Å²) in [5.74, 6) is -0.731. The normalized spacial score (nSPS) is 16.0. The quantitative estimate of drug-likeness (QED) is 0.802. The van der Waals surface area contributed by atoms with E-state index < -0.39 is 16.7 Å². The highest BCUT2D eigenvalue weighted by Gasteiger charge is 2.27. The van der Waals surface area contributed by atoms with Crippen LogP contribution in [0, 0.1) is 5.92 Å². The summed E-state index contributed by atoms with van der Waals surface area (Å²) in [6, 6.07) is 7.32. The van der Waals surface area contributed by atoms with Crippen molar-refractivity contribution in [3.05, 3.63) is 28.7 Å². The van der Waals surface area contributed by atoms with E-state index in [9.17, 15) is 9.00 Å². The molecule has 0 N–H and O–H groups in total. The second-order valence-corrected chi connectivity index (χ2v) is 6.38. The monoisotopic (exact) mass is 318 g/mol. The van der Waals surface area contributed by atoms with Crippen LogP contribution in [0.4, 0.5) is 0 Å². The largest absolute Gasteiger partial charge is 0.469 e. The van der Waals surface area contributed by atoms with Crippen LogP contribution < -0.4 is 0 Å². The highest BCUT2D eigenvalue weighted by atomic mass is 79.9. The van der Waals surface area contributed by atoms with Crippen LogP contribution in [0.5, 0.6) is 0 Å². The van der Waals surface area contributed by atoms with E-state index >= 15 is 0 Å². The molecule has 0 aliphatic heterocycles. The van der Waals surface area contributed by atoms with Gasteiger partial charge in [0.05, 0.1) is 28.7 Å². The Bertz CT molecular complexity index is 434. The Labute approximate surface area is 112 Å². The summed E-state index contributed by atoms with van der Waals surface area (Å²) in [4.78, 5) is 12.1. The van der Waals surface area contributed by atoms with Crippen LogP contribution in [-0.4, -0.2) is 22.5 Å². The van der Waals surface area contributed by atoms with Crippen LogP contribution in [0.3, 0.4) is 0 Å². The molecule has 0 bridgehead atoms. The van der Waals surface area contributed by atoms with Gasteiger partial charge in [0.15, 0.2) is 0 Å². The Balaban J connectivity index is 2.91. The summed E-state index contributed by atoms with van der Waals surface area (Å²) in [5, 5.41) is -0.291. The molecule has 0 aliphatic rings. The van der Waals surface area contributed by atoms with Crippen molar-refractivity contribution in [3.63, 3.8) is 0 Å². The van der Waals surface area contributed by atoms with E-state index in [2.05, 4.69) is 20.7 Å².